The van der Waals surface area contributed by atoms with Crippen molar-refractivity contribution >= 4 is 33.5 Å². The van der Waals surface area contributed by atoms with Crippen LogP contribution in [0.2, 0.25) is 5.02 Å². The van der Waals surface area contributed by atoms with Crippen LogP contribution in [0.5, 0.6) is 5.88 Å². The third-order valence-electron chi connectivity index (χ3n) is 6.49. The van der Waals surface area contributed by atoms with Crippen molar-refractivity contribution in [3.05, 3.63) is 58.0 Å². The van der Waals surface area contributed by atoms with Crippen LogP contribution < -0.4 is 10.4 Å². The summed E-state index contributed by atoms with van der Waals surface area (Å²) in [4.78, 5) is 27.2. The van der Waals surface area contributed by atoms with Crippen LogP contribution in [0, 0.1) is 5.92 Å². The maximum atomic E-state index is 13.5. The largest absolute Gasteiger partial charge is 0.477 e. The number of hydrogen-bond acceptors (Lipinski definition) is 7. The zero-order chi connectivity index (χ0) is 23.1. The number of imidazole rings is 1. The van der Waals surface area contributed by atoms with Gasteiger partial charge in [0.25, 0.3) is 0 Å². The summed E-state index contributed by atoms with van der Waals surface area (Å²) >= 11 is 6.25. The van der Waals surface area contributed by atoms with Crippen LogP contribution in [0.3, 0.4) is 0 Å². The maximum Gasteiger partial charge on any atom is 0.329 e. The topological polar surface area (TPSA) is 93.3 Å². The summed E-state index contributed by atoms with van der Waals surface area (Å²) in [5.41, 5.74) is 2.12. The lowest BCUT2D eigenvalue weighted by Gasteiger charge is -2.13. The molecule has 4 aromatic rings. The van der Waals surface area contributed by atoms with E-state index in [9.17, 15) is 4.79 Å². The molecule has 1 unspecified atom stereocenters. The molecule has 10 heteroatoms. The summed E-state index contributed by atoms with van der Waals surface area (Å²) < 4.78 is 20.6. The Morgan fingerprint density at radius 1 is 1.09 bits per heavy atom. The summed E-state index contributed by atoms with van der Waals surface area (Å²) in [5.74, 6) is 1.30. The van der Waals surface area contributed by atoms with Gasteiger partial charge in [-0.3, -0.25) is 14.1 Å². The third-order valence-corrected chi connectivity index (χ3v) is 6.72. The van der Waals surface area contributed by atoms with Gasteiger partial charge in [0.2, 0.25) is 5.88 Å². The summed E-state index contributed by atoms with van der Waals surface area (Å²) in [6.45, 7) is 3.32. The van der Waals surface area contributed by atoms with Gasteiger partial charge in [0, 0.05) is 30.4 Å². The van der Waals surface area contributed by atoms with Crippen LogP contribution in [0.25, 0.3) is 21.9 Å². The summed E-state index contributed by atoms with van der Waals surface area (Å²) in [6.07, 6.45) is 5.17. The van der Waals surface area contributed by atoms with Gasteiger partial charge in [0.1, 0.15) is 0 Å². The van der Waals surface area contributed by atoms with E-state index in [0.717, 1.165) is 35.9 Å². The lowest BCUT2D eigenvalue weighted by Crippen LogP contribution is -2.28. The van der Waals surface area contributed by atoms with Crippen molar-refractivity contribution in [2.24, 2.45) is 5.92 Å². The van der Waals surface area contributed by atoms with Gasteiger partial charge in [-0.2, -0.15) is 4.98 Å². The molecule has 2 saturated heterocycles. The maximum absolute atomic E-state index is 13.5. The van der Waals surface area contributed by atoms with E-state index in [1.165, 1.54) is 0 Å². The zero-order valence-electron chi connectivity index (χ0n) is 18.5. The molecule has 34 heavy (non-hydrogen) atoms. The number of ether oxygens (including phenoxy) is 3. The van der Waals surface area contributed by atoms with Crippen molar-refractivity contribution in [2.45, 2.75) is 25.4 Å². The second kappa shape index (κ2) is 8.98. The Labute approximate surface area is 200 Å². The Balaban J connectivity index is 1.41. The molecule has 0 aliphatic carbocycles. The lowest BCUT2D eigenvalue weighted by molar-refractivity contribution is 0.166. The fourth-order valence-electron chi connectivity index (χ4n) is 4.71. The Bertz CT molecular complexity index is 1410. The van der Waals surface area contributed by atoms with E-state index in [1.54, 1.807) is 33.7 Å². The van der Waals surface area contributed by atoms with E-state index in [2.05, 4.69) is 4.98 Å². The average molecular weight is 482 g/mol. The van der Waals surface area contributed by atoms with Crippen LogP contribution >= 0.6 is 11.6 Å². The van der Waals surface area contributed by atoms with E-state index in [4.69, 9.17) is 35.8 Å². The van der Waals surface area contributed by atoms with Crippen molar-refractivity contribution in [2.75, 3.05) is 33.0 Å². The molecular weight excluding hydrogens is 458 g/mol. The van der Waals surface area contributed by atoms with Gasteiger partial charge in [0.05, 0.1) is 60.5 Å². The van der Waals surface area contributed by atoms with Gasteiger partial charge in [-0.05, 0) is 37.1 Å². The molecule has 2 aliphatic rings. The number of benzene rings is 1. The minimum Gasteiger partial charge on any atom is -0.477 e. The minimum atomic E-state index is -0.126. The van der Waals surface area contributed by atoms with Crippen LogP contribution in [-0.4, -0.2) is 57.1 Å². The molecule has 1 aromatic carbocycles. The summed E-state index contributed by atoms with van der Waals surface area (Å²) in [5, 5.41) is 1.36. The molecule has 0 bridgehead atoms. The van der Waals surface area contributed by atoms with E-state index in [0.29, 0.717) is 54.6 Å². The first-order valence-corrected chi connectivity index (χ1v) is 11.8. The van der Waals surface area contributed by atoms with Crippen LogP contribution in [0.4, 0.5) is 0 Å². The number of aromatic nitrogens is 5. The molecule has 0 spiro atoms. The highest BCUT2D eigenvalue weighted by atomic mass is 35.5. The Morgan fingerprint density at radius 3 is 2.79 bits per heavy atom. The fourth-order valence-corrected chi connectivity index (χ4v) is 4.88. The number of rotatable bonds is 6. The highest BCUT2D eigenvalue weighted by Crippen LogP contribution is 2.28. The molecule has 2 atom stereocenters. The van der Waals surface area contributed by atoms with Crippen molar-refractivity contribution in [3.8, 4) is 5.88 Å². The number of hydrogen-bond donors (Lipinski definition) is 0. The zero-order valence-corrected chi connectivity index (χ0v) is 19.3. The molecule has 0 radical (unpaired) electrons. The van der Waals surface area contributed by atoms with Crippen LogP contribution in [0.1, 0.15) is 24.7 Å². The molecule has 2 aliphatic heterocycles. The van der Waals surface area contributed by atoms with E-state index in [1.807, 2.05) is 12.1 Å². The summed E-state index contributed by atoms with van der Waals surface area (Å²) in [6, 6.07) is 7.32. The molecule has 0 N–H and O–H groups in total. The monoisotopic (exact) mass is 481 g/mol. The number of fused-ring (bicyclic) bond motifs is 2. The first-order valence-electron chi connectivity index (χ1n) is 11.5. The van der Waals surface area contributed by atoms with E-state index >= 15 is 0 Å². The van der Waals surface area contributed by atoms with Crippen molar-refractivity contribution in [1.82, 2.24) is 24.1 Å². The standard InChI is InChI=1S/C24H24ClN5O4/c25-16-1-2-18-19(9-16)27-22(28-23(18)34-13-15-4-7-32-12-15)11-29-21-10-26-6-3-20(21)30(24(29)31)17-5-8-33-14-17/h1-3,6,9-10,15,17H,4-5,7-8,11-14H2/t15?,17-/m0/s1. The average Bonchev–Trinajstić information content (AvgIpc) is 3.59. The van der Waals surface area contributed by atoms with Gasteiger partial charge >= 0.3 is 5.69 Å². The second-order valence-corrected chi connectivity index (χ2v) is 9.20. The molecule has 9 nitrogen and oxygen atoms in total. The predicted molar refractivity (Wildman–Crippen MR) is 127 cm³/mol. The molecule has 0 amide bonds. The van der Waals surface area contributed by atoms with Crippen molar-refractivity contribution in [1.29, 1.82) is 0 Å². The summed E-state index contributed by atoms with van der Waals surface area (Å²) in [7, 11) is 0. The molecule has 2 fully saturated rings. The van der Waals surface area contributed by atoms with Gasteiger partial charge in [-0.1, -0.05) is 11.6 Å². The van der Waals surface area contributed by atoms with E-state index in [-0.39, 0.29) is 18.3 Å². The fraction of sp³-hybridized carbons (Fsp3) is 0.417. The van der Waals surface area contributed by atoms with Crippen molar-refractivity contribution in [3.63, 3.8) is 0 Å². The number of halogens is 1. The number of pyridine rings is 1. The highest BCUT2D eigenvalue weighted by molar-refractivity contribution is 6.31. The van der Waals surface area contributed by atoms with Gasteiger partial charge in [-0.15, -0.1) is 0 Å². The quantitative estimate of drug-likeness (QED) is 0.417. The minimum absolute atomic E-state index is 0.00232. The van der Waals surface area contributed by atoms with Gasteiger partial charge < -0.3 is 14.2 Å². The van der Waals surface area contributed by atoms with Crippen LogP contribution in [-0.2, 0) is 16.0 Å². The predicted octanol–water partition coefficient (Wildman–Crippen LogP) is 3.22. The van der Waals surface area contributed by atoms with Crippen LogP contribution in [0.15, 0.2) is 41.5 Å². The number of nitrogens with zero attached hydrogens (tertiary/aromatic N) is 5. The van der Waals surface area contributed by atoms with Gasteiger partial charge in [-0.25, -0.2) is 9.78 Å². The molecule has 0 saturated carbocycles. The van der Waals surface area contributed by atoms with Gasteiger partial charge in [0.15, 0.2) is 5.82 Å². The van der Waals surface area contributed by atoms with Crippen molar-refractivity contribution < 1.29 is 14.2 Å². The smallest absolute Gasteiger partial charge is 0.329 e. The molecule has 176 valence electrons. The molecular formula is C24H24ClN5O4. The molecule has 3 aromatic heterocycles. The highest BCUT2D eigenvalue weighted by Gasteiger charge is 2.25. The second-order valence-electron chi connectivity index (χ2n) is 8.77. The SMILES string of the molecule is O=c1n(Cc2nc(OCC3CCOC3)c3ccc(Cl)cc3n2)c2cnccc2n1[C@H]1CCOC1. The normalized spacial score (nSPS) is 20.5. The first-order chi connectivity index (χ1) is 16.7. The molecule has 6 rings (SSSR count). The molecule has 5 heterocycles. The third kappa shape index (κ3) is 3.93. The first kappa shape index (κ1) is 21.5. The Kier molecular flexibility index (Phi) is 5.68. The lowest BCUT2D eigenvalue weighted by atomic mass is 10.1. The van der Waals surface area contributed by atoms with E-state index < -0.39 is 0 Å². The Hall–Kier alpha value is -3.01. The Morgan fingerprint density at radius 2 is 1.97 bits per heavy atom.